The summed E-state index contributed by atoms with van der Waals surface area (Å²) in [6, 6.07) is 13.3. The number of nitrogens with one attached hydrogen (secondary N) is 1. The summed E-state index contributed by atoms with van der Waals surface area (Å²) >= 11 is 12.7. The van der Waals surface area contributed by atoms with E-state index >= 15 is 0 Å². The van der Waals surface area contributed by atoms with Crippen LogP contribution < -0.4 is 15.0 Å². The molecule has 3 aromatic carbocycles. The number of nitrogens with zero attached hydrogens (tertiary/aromatic N) is 1. The van der Waals surface area contributed by atoms with E-state index in [2.05, 4.69) is 5.32 Å². The molecular weight excluding hydrogens is 519 g/mol. The summed E-state index contributed by atoms with van der Waals surface area (Å²) in [5.74, 6) is -2.48. The Bertz CT molecular complexity index is 1460. The van der Waals surface area contributed by atoms with Crippen LogP contribution in [0.3, 0.4) is 0 Å². The molecular formula is C27H20Cl2N2O6. The Kier molecular flexibility index (Phi) is 7.33. The number of carbonyl (C=O) groups excluding carboxylic acids is 3. The Labute approximate surface area is 222 Å². The fraction of sp³-hybridized carbons (Fsp3) is 0.111. The van der Waals surface area contributed by atoms with Crippen LogP contribution in [-0.2, 0) is 16.2 Å². The van der Waals surface area contributed by atoms with Gasteiger partial charge >= 0.3 is 12.0 Å². The SMILES string of the molecule is Cc1ccc(N2C(=O)NC(=O)/C(=C\c3cc(Cl)c(OCc4ccc(C(=O)O)cc4)c(Cl)c3)C2=O)cc1C. The lowest BCUT2D eigenvalue weighted by atomic mass is 10.0. The third-order valence-electron chi connectivity index (χ3n) is 5.77. The molecule has 0 aromatic heterocycles. The molecule has 0 bridgehead atoms. The van der Waals surface area contributed by atoms with E-state index in [1.165, 1.54) is 30.3 Å². The second kappa shape index (κ2) is 10.5. The number of hydrogen-bond donors (Lipinski definition) is 2. The number of carboxylic acid groups (broad SMARTS) is 1. The topological polar surface area (TPSA) is 113 Å². The molecule has 10 heteroatoms. The van der Waals surface area contributed by atoms with Crippen molar-refractivity contribution in [1.82, 2.24) is 5.32 Å². The zero-order chi connectivity index (χ0) is 26.9. The molecule has 1 saturated heterocycles. The Hall–Kier alpha value is -4.14. The van der Waals surface area contributed by atoms with Crippen molar-refractivity contribution in [2.45, 2.75) is 20.5 Å². The Morgan fingerprint density at radius 2 is 1.62 bits per heavy atom. The molecule has 1 aliphatic heterocycles. The summed E-state index contributed by atoms with van der Waals surface area (Å²) in [7, 11) is 0. The van der Waals surface area contributed by atoms with Gasteiger partial charge in [-0.25, -0.2) is 14.5 Å². The summed E-state index contributed by atoms with van der Waals surface area (Å²) in [5.41, 5.74) is 3.13. The van der Waals surface area contributed by atoms with E-state index in [0.29, 0.717) is 16.8 Å². The van der Waals surface area contributed by atoms with Crippen molar-refractivity contribution in [2.24, 2.45) is 0 Å². The van der Waals surface area contributed by atoms with Crippen LogP contribution in [0.2, 0.25) is 10.0 Å². The van der Waals surface area contributed by atoms with Gasteiger partial charge in [-0.05, 0) is 78.6 Å². The van der Waals surface area contributed by atoms with Crippen molar-refractivity contribution >= 4 is 58.8 Å². The van der Waals surface area contributed by atoms with Crippen LogP contribution in [0.4, 0.5) is 10.5 Å². The van der Waals surface area contributed by atoms with E-state index in [1.54, 1.807) is 30.3 Å². The van der Waals surface area contributed by atoms with Crippen molar-refractivity contribution in [3.63, 3.8) is 0 Å². The van der Waals surface area contributed by atoms with E-state index in [1.807, 2.05) is 13.8 Å². The monoisotopic (exact) mass is 538 g/mol. The number of aryl methyl sites for hydroxylation is 2. The second-order valence-corrected chi connectivity index (χ2v) is 9.15. The van der Waals surface area contributed by atoms with E-state index < -0.39 is 23.8 Å². The largest absolute Gasteiger partial charge is 0.486 e. The highest BCUT2D eigenvalue weighted by Gasteiger charge is 2.37. The first-order valence-corrected chi connectivity index (χ1v) is 11.7. The van der Waals surface area contributed by atoms with Crippen molar-refractivity contribution < 1.29 is 29.0 Å². The maximum Gasteiger partial charge on any atom is 0.335 e. The minimum atomic E-state index is -1.03. The van der Waals surface area contributed by atoms with Crippen LogP contribution in [-0.4, -0.2) is 28.9 Å². The van der Waals surface area contributed by atoms with Gasteiger partial charge in [0.05, 0.1) is 21.3 Å². The van der Waals surface area contributed by atoms with Crippen LogP contribution in [0.5, 0.6) is 5.75 Å². The van der Waals surface area contributed by atoms with Gasteiger partial charge in [0.2, 0.25) is 0 Å². The molecule has 37 heavy (non-hydrogen) atoms. The highest BCUT2D eigenvalue weighted by atomic mass is 35.5. The van der Waals surface area contributed by atoms with Gasteiger partial charge < -0.3 is 9.84 Å². The van der Waals surface area contributed by atoms with Gasteiger partial charge in [-0.3, -0.25) is 14.9 Å². The van der Waals surface area contributed by atoms with E-state index in [0.717, 1.165) is 16.0 Å². The van der Waals surface area contributed by atoms with Gasteiger partial charge in [-0.1, -0.05) is 41.4 Å². The zero-order valence-electron chi connectivity index (χ0n) is 19.7. The Morgan fingerprint density at radius 3 is 2.22 bits per heavy atom. The smallest absolute Gasteiger partial charge is 0.335 e. The molecule has 0 saturated carbocycles. The predicted octanol–water partition coefficient (Wildman–Crippen LogP) is 5.55. The highest BCUT2D eigenvalue weighted by Crippen LogP contribution is 2.36. The minimum Gasteiger partial charge on any atom is -0.486 e. The number of hydrogen-bond acceptors (Lipinski definition) is 5. The number of rotatable bonds is 6. The van der Waals surface area contributed by atoms with Crippen molar-refractivity contribution in [1.29, 1.82) is 0 Å². The predicted molar refractivity (Wildman–Crippen MR) is 139 cm³/mol. The normalized spacial score (nSPS) is 14.6. The lowest BCUT2D eigenvalue weighted by molar-refractivity contribution is -0.122. The van der Waals surface area contributed by atoms with Gasteiger partial charge in [0.25, 0.3) is 11.8 Å². The molecule has 0 spiro atoms. The Morgan fingerprint density at radius 1 is 0.973 bits per heavy atom. The van der Waals surface area contributed by atoms with Gasteiger partial charge in [0.15, 0.2) is 5.75 Å². The van der Waals surface area contributed by atoms with Gasteiger partial charge in [0, 0.05) is 0 Å². The van der Waals surface area contributed by atoms with Gasteiger partial charge in [-0.15, -0.1) is 0 Å². The summed E-state index contributed by atoms with van der Waals surface area (Å²) < 4.78 is 5.72. The maximum absolute atomic E-state index is 13.2. The third-order valence-corrected chi connectivity index (χ3v) is 6.33. The first kappa shape index (κ1) is 25.9. The summed E-state index contributed by atoms with van der Waals surface area (Å²) in [6.45, 7) is 3.83. The summed E-state index contributed by atoms with van der Waals surface area (Å²) in [6.07, 6.45) is 1.30. The van der Waals surface area contributed by atoms with Crippen LogP contribution in [0.15, 0.2) is 60.2 Å². The quantitative estimate of drug-likeness (QED) is 0.314. The van der Waals surface area contributed by atoms with E-state index in [4.69, 9.17) is 33.0 Å². The lowest BCUT2D eigenvalue weighted by Crippen LogP contribution is -2.54. The molecule has 3 aromatic rings. The zero-order valence-corrected chi connectivity index (χ0v) is 21.2. The first-order chi connectivity index (χ1) is 17.5. The number of benzene rings is 3. The number of imide groups is 2. The van der Waals surface area contributed by atoms with Crippen LogP contribution >= 0.6 is 23.2 Å². The number of carbonyl (C=O) groups is 4. The van der Waals surface area contributed by atoms with Gasteiger partial charge in [-0.2, -0.15) is 0 Å². The molecule has 4 amide bonds. The van der Waals surface area contributed by atoms with E-state index in [9.17, 15) is 19.2 Å². The maximum atomic E-state index is 13.2. The van der Waals surface area contributed by atoms with Crippen molar-refractivity contribution in [3.05, 3.63) is 98.0 Å². The lowest BCUT2D eigenvalue weighted by Gasteiger charge is -2.27. The molecule has 2 N–H and O–H groups in total. The average Bonchev–Trinajstić information content (AvgIpc) is 2.83. The third kappa shape index (κ3) is 5.50. The summed E-state index contributed by atoms with van der Waals surface area (Å²) in [4.78, 5) is 50.0. The number of carboxylic acids is 1. The fourth-order valence-corrected chi connectivity index (χ4v) is 4.24. The molecule has 8 nitrogen and oxygen atoms in total. The fourth-order valence-electron chi connectivity index (χ4n) is 3.62. The molecule has 0 radical (unpaired) electrons. The number of barbiturate groups is 1. The van der Waals surface area contributed by atoms with E-state index in [-0.39, 0.29) is 33.5 Å². The molecule has 1 fully saturated rings. The number of ether oxygens (including phenoxy) is 1. The second-order valence-electron chi connectivity index (χ2n) is 8.33. The molecule has 0 aliphatic carbocycles. The van der Waals surface area contributed by atoms with Crippen LogP contribution in [0.25, 0.3) is 6.08 Å². The number of amides is 4. The summed E-state index contributed by atoms with van der Waals surface area (Å²) in [5, 5.41) is 11.5. The number of urea groups is 1. The average molecular weight is 539 g/mol. The molecule has 188 valence electrons. The minimum absolute atomic E-state index is 0.0771. The standard InChI is InChI=1S/C27H20Cl2N2O6/c1-14-3-8-19(9-15(14)2)31-25(33)20(24(32)30-27(31)36)10-17-11-21(28)23(22(29)12-17)37-13-16-4-6-18(7-5-16)26(34)35/h3-12H,13H2,1-2H3,(H,34,35)(H,30,32,36)/b20-10+. The van der Waals surface area contributed by atoms with Crippen LogP contribution in [0, 0.1) is 13.8 Å². The molecule has 0 unspecified atom stereocenters. The molecule has 0 atom stereocenters. The number of aromatic carboxylic acids is 1. The molecule has 4 rings (SSSR count). The number of halogens is 2. The molecule has 1 heterocycles. The van der Waals surface area contributed by atoms with Gasteiger partial charge in [0.1, 0.15) is 12.2 Å². The van der Waals surface area contributed by atoms with Crippen molar-refractivity contribution in [2.75, 3.05) is 4.90 Å². The molecule has 1 aliphatic rings. The Balaban J connectivity index is 1.58. The van der Waals surface area contributed by atoms with Crippen molar-refractivity contribution in [3.8, 4) is 5.75 Å². The highest BCUT2D eigenvalue weighted by molar-refractivity contribution is 6.40. The first-order valence-electron chi connectivity index (χ1n) is 11.0. The number of anilines is 1. The van der Waals surface area contributed by atoms with Crippen LogP contribution in [0.1, 0.15) is 32.6 Å².